The number of carbonyl (C=O) groups is 1. The number of carboxylic acid groups (broad SMARTS) is 1. The summed E-state index contributed by atoms with van der Waals surface area (Å²) in [6.45, 7) is 4.58. The smallest absolute Gasteiger partial charge is 0.321 e. The Morgan fingerprint density at radius 2 is 2.38 bits per heavy atom. The zero-order valence-corrected chi connectivity index (χ0v) is 12.9. The van der Waals surface area contributed by atoms with E-state index in [9.17, 15) is 4.79 Å². The second-order valence-electron chi connectivity index (χ2n) is 5.33. The van der Waals surface area contributed by atoms with E-state index in [1.807, 2.05) is 26.0 Å². The highest BCUT2D eigenvalue weighted by Gasteiger charge is 2.33. The van der Waals surface area contributed by atoms with E-state index in [0.717, 1.165) is 29.0 Å². The molecule has 0 amide bonds. The summed E-state index contributed by atoms with van der Waals surface area (Å²) in [4.78, 5) is 11.1. The fourth-order valence-corrected chi connectivity index (χ4v) is 3.98. The first-order valence-corrected chi connectivity index (χ1v) is 8.20. The Labute approximate surface area is 128 Å². The zero-order chi connectivity index (χ0) is 15.0. The Kier molecular flexibility index (Phi) is 3.99. The van der Waals surface area contributed by atoms with Gasteiger partial charge in [-0.05, 0) is 26.0 Å². The highest BCUT2D eigenvalue weighted by molar-refractivity contribution is 7.99. The molecule has 0 bridgehead atoms. The zero-order valence-electron chi connectivity index (χ0n) is 12.1. The fourth-order valence-electron chi connectivity index (χ4n) is 2.73. The standard InChI is InChI=1S/C15H19NO4S/c1-3-19-13-5-9-4-8(2)20-12(9)6-10(13)14-16-11(7-21-14)15(17)18/h5-6,8,11,14,16H,3-4,7H2,1-2H3,(H,17,18)/t8?,11-,14?/m1/s1. The van der Waals surface area contributed by atoms with Crippen LogP contribution in [-0.2, 0) is 11.2 Å². The average molecular weight is 309 g/mol. The molecule has 1 fully saturated rings. The van der Waals surface area contributed by atoms with Crippen LogP contribution in [0.1, 0.15) is 30.3 Å². The minimum Gasteiger partial charge on any atom is -0.493 e. The summed E-state index contributed by atoms with van der Waals surface area (Å²) >= 11 is 1.59. The number of hydrogen-bond acceptors (Lipinski definition) is 5. The Hall–Kier alpha value is -1.40. The summed E-state index contributed by atoms with van der Waals surface area (Å²) in [6, 6.07) is 3.52. The van der Waals surface area contributed by atoms with Gasteiger partial charge in [-0.15, -0.1) is 11.8 Å². The van der Waals surface area contributed by atoms with Gasteiger partial charge in [-0.2, -0.15) is 0 Å². The summed E-state index contributed by atoms with van der Waals surface area (Å²) in [5.74, 6) is 1.46. The van der Waals surface area contributed by atoms with E-state index in [-0.39, 0.29) is 11.5 Å². The number of nitrogens with one attached hydrogen (secondary N) is 1. The third kappa shape index (κ3) is 2.82. The van der Waals surface area contributed by atoms with Crippen LogP contribution in [0.5, 0.6) is 11.5 Å². The predicted molar refractivity (Wildman–Crippen MR) is 81.2 cm³/mol. The minimum atomic E-state index is -0.811. The second kappa shape index (κ2) is 5.77. The van der Waals surface area contributed by atoms with Gasteiger partial charge < -0.3 is 14.6 Å². The van der Waals surface area contributed by atoms with Crippen molar-refractivity contribution in [2.45, 2.75) is 37.8 Å². The van der Waals surface area contributed by atoms with Crippen LogP contribution in [0, 0.1) is 0 Å². The van der Waals surface area contributed by atoms with E-state index in [2.05, 4.69) is 5.32 Å². The number of aliphatic carboxylic acids is 1. The van der Waals surface area contributed by atoms with Crippen molar-refractivity contribution >= 4 is 17.7 Å². The van der Waals surface area contributed by atoms with E-state index >= 15 is 0 Å². The average Bonchev–Trinajstić information content (AvgIpc) is 3.03. The normalized spacial score (nSPS) is 27.2. The Morgan fingerprint density at radius 1 is 1.57 bits per heavy atom. The molecule has 3 rings (SSSR count). The number of rotatable bonds is 4. The number of hydrogen-bond donors (Lipinski definition) is 2. The van der Waals surface area contributed by atoms with Gasteiger partial charge in [0.15, 0.2) is 0 Å². The van der Waals surface area contributed by atoms with Crippen LogP contribution in [0.25, 0.3) is 0 Å². The topological polar surface area (TPSA) is 67.8 Å². The summed E-state index contributed by atoms with van der Waals surface area (Å²) < 4.78 is 11.6. The first-order chi connectivity index (χ1) is 10.1. The fraction of sp³-hybridized carbons (Fsp3) is 0.533. The molecule has 2 N–H and O–H groups in total. The van der Waals surface area contributed by atoms with Crippen molar-refractivity contribution in [3.8, 4) is 11.5 Å². The molecule has 0 aromatic heterocycles. The third-order valence-electron chi connectivity index (χ3n) is 3.69. The van der Waals surface area contributed by atoms with Crippen LogP contribution in [-0.4, -0.2) is 35.6 Å². The van der Waals surface area contributed by atoms with Gasteiger partial charge in [0.1, 0.15) is 23.6 Å². The van der Waals surface area contributed by atoms with Crippen LogP contribution in [0.3, 0.4) is 0 Å². The van der Waals surface area contributed by atoms with E-state index in [0.29, 0.717) is 12.4 Å². The van der Waals surface area contributed by atoms with Crippen molar-refractivity contribution in [3.05, 3.63) is 23.3 Å². The predicted octanol–water partition coefficient (Wildman–Crippen LogP) is 2.20. The van der Waals surface area contributed by atoms with Gasteiger partial charge in [0.25, 0.3) is 0 Å². The first-order valence-electron chi connectivity index (χ1n) is 7.15. The third-order valence-corrected chi connectivity index (χ3v) is 4.94. The Morgan fingerprint density at radius 3 is 3.05 bits per heavy atom. The van der Waals surface area contributed by atoms with Gasteiger partial charge in [-0.3, -0.25) is 10.1 Å². The van der Waals surface area contributed by atoms with E-state index in [4.69, 9.17) is 14.6 Å². The summed E-state index contributed by atoms with van der Waals surface area (Å²) in [5, 5.41) is 12.2. The molecule has 2 unspecified atom stereocenters. The van der Waals surface area contributed by atoms with Gasteiger partial charge in [-0.1, -0.05) is 0 Å². The summed E-state index contributed by atoms with van der Waals surface area (Å²) in [7, 11) is 0. The molecule has 0 saturated carbocycles. The molecule has 3 atom stereocenters. The molecule has 21 heavy (non-hydrogen) atoms. The second-order valence-corrected chi connectivity index (χ2v) is 6.47. The molecule has 2 aliphatic heterocycles. The number of ether oxygens (including phenoxy) is 2. The number of carboxylic acids is 1. The minimum absolute atomic E-state index is 0.0718. The van der Waals surface area contributed by atoms with Crippen LogP contribution in [0.4, 0.5) is 0 Å². The molecule has 5 nitrogen and oxygen atoms in total. The van der Waals surface area contributed by atoms with Gasteiger partial charge in [0.2, 0.25) is 0 Å². The van der Waals surface area contributed by atoms with Crippen LogP contribution in [0.2, 0.25) is 0 Å². The van der Waals surface area contributed by atoms with Crippen LogP contribution in [0.15, 0.2) is 12.1 Å². The van der Waals surface area contributed by atoms with Crippen molar-refractivity contribution in [1.82, 2.24) is 5.32 Å². The molecule has 2 aliphatic rings. The molecule has 6 heteroatoms. The van der Waals surface area contributed by atoms with Crippen molar-refractivity contribution < 1.29 is 19.4 Å². The molecular formula is C15H19NO4S. The molecule has 0 spiro atoms. The van der Waals surface area contributed by atoms with Crippen molar-refractivity contribution in [2.75, 3.05) is 12.4 Å². The lowest BCUT2D eigenvalue weighted by atomic mass is 10.1. The Bertz CT molecular complexity index is 563. The molecule has 2 heterocycles. The molecule has 1 saturated heterocycles. The maximum Gasteiger partial charge on any atom is 0.321 e. The van der Waals surface area contributed by atoms with Gasteiger partial charge in [0.05, 0.1) is 12.0 Å². The maximum absolute atomic E-state index is 11.1. The summed E-state index contributed by atoms with van der Waals surface area (Å²) in [5.41, 5.74) is 2.13. The van der Waals surface area contributed by atoms with E-state index in [1.54, 1.807) is 11.8 Å². The first kappa shape index (κ1) is 14.5. The highest BCUT2D eigenvalue weighted by atomic mass is 32.2. The van der Waals surface area contributed by atoms with Crippen LogP contribution >= 0.6 is 11.8 Å². The largest absolute Gasteiger partial charge is 0.493 e. The van der Waals surface area contributed by atoms with Crippen molar-refractivity contribution in [2.24, 2.45) is 0 Å². The van der Waals surface area contributed by atoms with Crippen molar-refractivity contribution in [1.29, 1.82) is 0 Å². The lowest BCUT2D eigenvalue weighted by Crippen LogP contribution is -2.33. The SMILES string of the molecule is CCOc1cc2c(cc1C1N[C@@H](C(=O)O)CS1)OC(C)C2. The maximum atomic E-state index is 11.1. The quantitative estimate of drug-likeness (QED) is 0.889. The molecule has 114 valence electrons. The van der Waals surface area contributed by atoms with E-state index < -0.39 is 12.0 Å². The number of thioether (sulfide) groups is 1. The molecule has 0 radical (unpaired) electrons. The number of benzene rings is 1. The van der Waals surface area contributed by atoms with Gasteiger partial charge >= 0.3 is 5.97 Å². The molecule has 1 aromatic rings. The Balaban J connectivity index is 1.90. The molecule has 1 aromatic carbocycles. The van der Waals surface area contributed by atoms with Crippen LogP contribution < -0.4 is 14.8 Å². The lowest BCUT2D eigenvalue weighted by Gasteiger charge is -2.17. The monoisotopic (exact) mass is 309 g/mol. The molecular weight excluding hydrogens is 290 g/mol. The van der Waals surface area contributed by atoms with Gasteiger partial charge in [-0.25, -0.2) is 0 Å². The lowest BCUT2D eigenvalue weighted by molar-refractivity contribution is -0.138. The van der Waals surface area contributed by atoms with Crippen molar-refractivity contribution in [3.63, 3.8) is 0 Å². The van der Waals surface area contributed by atoms with E-state index in [1.165, 1.54) is 0 Å². The number of fused-ring (bicyclic) bond motifs is 1. The molecule has 0 aliphatic carbocycles. The van der Waals surface area contributed by atoms with Gasteiger partial charge in [0, 0.05) is 23.3 Å². The highest BCUT2D eigenvalue weighted by Crippen LogP contribution is 2.43. The summed E-state index contributed by atoms with van der Waals surface area (Å²) in [6.07, 6.45) is 1.07.